The average Bonchev–Trinajstić information content (AvgIpc) is 3.17. The van der Waals surface area contributed by atoms with Crippen LogP contribution < -0.4 is 10.1 Å². The molecule has 1 atom stereocenters. The molecule has 1 fully saturated rings. The minimum absolute atomic E-state index is 0.105. The molecule has 144 valence electrons. The number of nitrogens with zero attached hydrogens (tertiary/aromatic N) is 1. The number of aryl methyl sites for hydroxylation is 2. The molecule has 1 amide bonds. The van der Waals surface area contributed by atoms with Gasteiger partial charge in [-0.05, 0) is 56.0 Å². The van der Waals surface area contributed by atoms with E-state index < -0.39 is 0 Å². The minimum atomic E-state index is -0.105. The summed E-state index contributed by atoms with van der Waals surface area (Å²) in [5.41, 5.74) is 3.01. The highest BCUT2D eigenvalue weighted by Gasteiger charge is 2.15. The third-order valence-corrected chi connectivity index (χ3v) is 4.52. The van der Waals surface area contributed by atoms with Crippen LogP contribution in [0.25, 0.3) is 0 Å². The van der Waals surface area contributed by atoms with Crippen molar-refractivity contribution in [2.24, 2.45) is 0 Å². The molecule has 1 aliphatic heterocycles. The maximum Gasteiger partial charge on any atom is 0.226 e. The Bertz CT molecular complexity index is 755. The third kappa shape index (κ3) is 6.05. The number of benzene rings is 1. The molecule has 1 aliphatic rings. The molecule has 6 heteroatoms. The van der Waals surface area contributed by atoms with Gasteiger partial charge in [-0.3, -0.25) is 4.79 Å². The standard InChI is InChI=1S/C21H26N2O4/c1-15-5-7-18(12-16(15)2)27-21-8-6-17(13-22-21)23-20(24)9-11-25-14-19-4-3-10-26-19/h5-8,12-13,19H,3-4,9-11,14H2,1-2H3,(H,23,24). The van der Waals surface area contributed by atoms with Gasteiger partial charge in [-0.2, -0.15) is 0 Å². The van der Waals surface area contributed by atoms with Gasteiger partial charge < -0.3 is 19.5 Å². The molecule has 1 saturated heterocycles. The molecule has 2 aromatic rings. The van der Waals surface area contributed by atoms with Gasteiger partial charge in [0.25, 0.3) is 0 Å². The van der Waals surface area contributed by atoms with Gasteiger partial charge in [0.15, 0.2) is 0 Å². The second-order valence-corrected chi connectivity index (χ2v) is 6.74. The molecule has 3 rings (SSSR count). The van der Waals surface area contributed by atoms with Crippen LogP contribution in [0.4, 0.5) is 5.69 Å². The molecule has 0 radical (unpaired) electrons. The number of hydrogen-bond acceptors (Lipinski definition) is 5. The first-order chi connectivity index (χ1) is 13.1. The topological polar surface area (TPSA) is 69.7 Å². The predicted octanol–water partition coefficient (Wildman–Crippen LogP) is 4.01. The summed E-state index contributed by atoms with van der Waals surface area (Å²) in [6, 6.07) is 9.41. The zero-order valence-corrected chi connectivity index (χ0v) is 15.9. The van der Waals surface area contributed by atoms with Crippen LogP contribution in [0, 0.1) is 13.8 Å². The first-order valence-corrected chi connectivity index (χ1v) is 9.30. The first kappa shape index (κ1) is 19.3. The smallest absolute Gasteiger partial charge is 0.226 e. The van der Waals surface area contributed by atoms with E-state index in [9.17, 15) is 4.79 Å². The molecule has 2 heterocycles. The maximum absolute atomic E-state index is 12.0. The number of carbonyl (C=O) groups is 1. The lowest BCUT2D eigenvalue weighted by atomic mass is 10.1. The van der Waals surface area contributed by atoms with Crippen molar-refractivity contribution in [3.63, 3.8) is 0 Å². The summed E-state index contributed by atoms with van der Waals surface area (Å²) in [6.07, 6.45) is 4.19. The first-order valence-electron chi connectivity index (χ1n) is 9.30. The van der Waals surface area contributed by atoms with E-state index in [0.717, 1.165) is 30.8 Å². The van der Waals surface area contributed by atoms with E-state index in [1.807, 2.05) is 25.1 Å². The summed E-state index contributed by atoms with van der Waals surface area (Å²) in [4.78, 5) is 16.2. The highest BCUT2D eigenvalue weighted by molar-refractivity contribution is 5.90. The van der Waals surface area contributed by atoms with E-state index in [0.29, 0.717) is 31.2 Å². The van der Waals surface area contributed by atoms with Crippen molar-refractivity contribution in [3.05, 3.63) is 47.7 Å². The van der Waals surface area contributed by atoms with Gasteiger partial charge in [0, 0.05) is 12.7 Å². The minimum Gasteiger partial charge on any atom is -0.439 e. The fourth-order valence-electron chi connectivity index (χ4n) is 2.79. The number of rotatable bonds is 8. The number of ether oxygens (including phenoxy) is 3. The lowest BCUT2D eigenvalue weighted by molar-refractivity contribution is -0.117. The van der Waals surface area contributed by atoms with E-state index in [1.54, 1.807) is 18.3 Å². The summed E-state index contributed by atoms with van der Waals surface area (Å²) in [7, 11) is 0. The summed E-state index contributed by atoms with van der Waals surface area (Å²) >= 11 is 0. The Kier molecular flexibility index (Phi) is 6.79. The van der Waals surface area contributed by atoms with Gasteiger partial charge in [-0.15, -0.1) is 0 Å². The fourth-order valence-corrected chi connectivity index (χ4v) is 2.79. The third-order valence-electron chi connectivity index (χ3n) is 4.52. The second-order valence-electron chi connectivity index (χ2n) is 6.74. The van der Waals surface area contributed by atoms with Crippen LogP contribution in [0.3, 0.4) is 0 Å². The van der Waals surface area contributed by atoms with E-state index in [1.165, 1.54) is 5.56 Å². The van der Waals surface area contributed by atoms with Crippen molar-refractivity contribution in [2.45, 2.75) is 39.2 Å². The van der Waals surface area contributed by atoms with Crippen LogP contribution in [0.2, 0.25) is 0 Å². The molecule has 0 aliphatic carbocycles. The lowest BCUT2D eigenvalue weighted by Crippen LogP contribution is -2.18. The largest absolute Gasteiger partial charge is 0.439 e. The maximum atomic E-state index is 12.0. The summed E-state index contributed by atoms with van der Waals surface area (Å²) < 4.78 is 16.7. The highest BCUT2D eigenvalue weighted by Crippen LogP contribution is 2.23. The Morgan fingerprint density at radius 1 is 1.26 bits per heavy atom. The normalized spacial score (nSPS) is 16.3. The van der Waals surface area contributed by atoms with Crippen LogP contribution in [-0.4, -0.2) is 36.8 Å². The number of aromatic nitrogens is 1. The number of amides is 1. The van der Waals surface area contributed by atoms with Gasteiger partial charge in [0.05, 0.1) is 37.6 Å². The summed E-state index contributed by atoms with van der Waals surface area (Å²) in [5, 5.41) is 2.81. The van der Waals surface area contributed by atoms with Crippen LogP contribution >= 0.6 is 0 Å². The molecule has 0 bridgehead atoms. The number of hydrogen-bond donors (Lipinski definition) is 1. The number of carbonyl (C=O) groups excluding carboxylic acids is 1. The molecule has 1 aromatic heterocycles. The van der Waals surface area contributed by atoms with E-state index >= 15 is 0 Å². The molecule has 1 N–H and O–H groups in total. The van der Waals surface area contributed by atoms with Gasteiger partial charge >= 0.3 is 0 Å². The van der Waals surface area contributed by atoms with E-state index in [4.69, 9.17) is 14.2 Å². The molecule has 0 spiro atoms. The predicted molar refractivity (Wildman–Crippen MR) is 103 cm³/mol. The monoisotopic (exact) mass is 370 g/mol. The Morgan fingerprint density at radius 3 is 2.85 bits per heavy atom. The van der Waals surface area contributed by atoms with E-state index in [2.05, 4.69) is 17.2 Å². The van der Waals surface area contributed by atoms with Crippen molar-refractivity contribution in [2.75, 3.05) is 25.1 Å². The molecular weight excluding hydrogens is 344 g/mol. The van der Waals surface area contributed by atoms with Crippen LogP contribution in [0.1, 0.15) is 30.4 Å². The van der Waals surface area contributed by atoms with E-state index in [-0.39, 0.29) is 12.0 Å². The SMILES string of the molecule is Cc1ccc(Oc2ccc(NC(=O)CCOCC3CCCO3)cn2)cc1C. The molecule has 1 unspecified atom stereocenters. The van der Waals surface area contributed by atoms with Crippen molar-refractivity contribution in [3.8, 4) is 11.6 Å². The van der Waals surface area contributed by atoms with Crippen molar-refractivity contribution in [1.29, 1.82) is 0 Å². The van der Waals surface area contributed by atoms with Crippen LogP contribution in [-0.2, 0) is 14.3 Å². The second kappa shape index (κ2) is 9.48. The molecule has 27 heavy (non-hydrogen) atoms. The zero-order valence-electron chi connectivity index (χ0n) is 15.9. The Hall–Kier alpha value is -2.44. The highest BCUT2D eigenvalue weighted by atomic mass is 16.5. The van der Waals surface area contributed by atoms with Crippen molar-refractivity contribution >= 4 is 11.6 Å². The Morgan fingerprint density at radius 2 is 2.15 bits per heavy atom. The lowest BCUT2D eigenvalue weighted by Gasteiger charge is -2.10. The molecular formula is C21H26N2O4. The van der Waals surface area contributed by atoms with Gasteiger partial charge in [0.1, 0.15) is 5.75 Å². The van der Waals surface area contributed by atoms with Crippen LogP contribution in [0.15, 0.2) is 36.5 Å². The molecule has 1 aromatic carbocycles. The van der Waals surface area contributed by atoms with Crippen molar-refractivity contribution in [1.82, 2.24) is 4.98 Å². The summed E-state index contributed by atoms with van der Waals surface area (Å²) in [6.45, 7) is 5.85. The van der Waals surface area contributed by atoms with Crippen molar-refractivity contribution < 1.29 is 19.0 Å². The van der Waals surface area contributed by atoms with Gasteiger partial charge in [0.2, 0.25) is 11.8 Å². The Labute approximate surface area is 159 Å². The molecule has 6 nitrogen and oxygen atoms in total. The fraction of sp³-hybridized carbons (Fsp3) is 0.429. The number of nitrogens with one attached hydrogen (secondary N) is 1. The van der Waals surface area contributed by atoms with Gasteiger partial charge in [-0.1, -0.05) is 6.07 Å². The number of pyridine rings is 1. The quantitative estimate of drug-likeness (QED) is 0.711. The Balaban J connectivity index is 1.41. The van der Waals surface area contributed by atoms with Gasteiger partial charge in [-0.25, -0.2) is 4.98 Å². The summed E-state index contributed by atoms with van der Waals surface area (Å²) in [5.74, 6) is 1.12. The average molecular weight is 370 g/mol. The molecule has 0 saturated carbocycles. The van der Waals surface area contributed by atoms with Crippen LogP contribution in [0.5, 0.6) is 11.6 Å². The number of anilines is 1. The zero-order chi connectivity index (χ0) is 19.1.